The summed E-state index contributed by atoms with van der Waals surface area (Å²) in [5, 5.41) is 12.3. The van der Waals surface area contributed by atoms with Crippen molar-refractivity contribution < 1.29 is 4.79 Å². The summed E-state index contributed by atoms with van der Waals surface area (Å²) >= 11 is 0. The molecule has 0 unspecified atom stereocenters. The zero-order valence-corrected chi connectivity index (χ0v) is 19.2. The minimum Gasteiger partial charge on any atom is -0.326 e. The number of benzene rings is 3. The van der Waals surface area contributed by atoms with Crippen molar-refractivity contribution >= 4 is 28.3 Å². The standard InChI is InChI=1S/C27H25N5O2/c1-18-14-19(2)16-21(15-18)28-25(33)13-12-24-29-30-27-31(17-20-8-4-3-5-9-20)26(34)22-10-6-7-11-23(22)32(24)27/h3-11,14-16H,12-13,17H2,1-2H3,(H,28,33). The maximum Gasteiger partial charge on any atom is 0.263 e. The van der Waals surface area contributed by atoms with Crippen LogP contribution in [0.4, 0.5) is 5.69 Å². The maximum absolute atomic E-state index is 13.3. The van der Waals surface area contributed by atoms with Gasteiger partial charge in [0, 0.05) is 18.5 Å². The lowest BCUT2D eigenvalue weighted by Crippen LogP contribution is -2.24. The summed E-state index contributed by atoms with van der Waals surface area (Å²) in [5.41, 5.74) is 4.61. The Morgan fingerprint density at radius 2 is 1.62 bits per heavy atom. The first-order valence-electron chi connectivity index (χ1n) is 11.3. The van der Waals surface area contributed by atoms with E-state index < -0.39 is 0 Å². The number of nitrogens with zero attached hydrogens (tertiary/aromatic N) is 4. The number of para-hydroxylation sites is 1. The molecule has 7 heteroatoms. The first-order chi connectivity index (χ1) is 16.5. The molecule has 0 bridgehead atoms. The Kier molecular flexibility index (Phi) is 5.67. The zero-order valence-electron chi connectivity index (χ0n) is 19.2. The average Bonchev–Trinajstić information content (AvgIpc) is 3.24. The second-order valence-electron chi connectivity index (χ2n) is 8.57. The lowest BCUT2D eigenvalue weighted by Gasteiger charge is -2.12. The van der Waals surface area contributed by atoms with Crippen LogP contribution in [0.15, 0.2) is 77.6 Å². The fourth-order valence-electron chi connectivity index (χ4n) is 4.38. The number of amides is 1. The van der Waals surface area contributed by atoms with Crippen molar-refractivity contribution in [1.82, 2.24) is 19.2 Å². The van der Waals surface area contributed by atoms with Crippen LogP contribution in [0.5, 0.6) is 0 Å². The third kappa shape index (κ3) is 4.20. The summed E-state index contributed by atoms with van der Waals surface area (Å²) in [7, 11) is 0. The number of nitrogens with one attached hydrogen (secondary N) is 1. The molecule has 0 spiro atoms. The molecule has 170 valence electrons. The van der Waals surface area contributed by atoms with Gasteiger partial charge in [-0.05, 0) is 54.8 Å². The summed E-state index contributed by atoms with van der Waals surface area (Å²) in [5.74, 6) is 1.02. The summed E-state index contributed by atoms with van der Waals surface area (Å²) in [4.78, 5) is 26.0. The number of aromatic nitrogens is 4. The Hall–Kier alpha value is -4.26. The predicted molar refractivity (Wildman–Crippen MR) is 133 cm³/mol. The quantitative estimate of drug-likeness (QED) is 0.418. The number of fused-ring (bicyclic) bond motifs is 3. The van der Waals surface area contributed by atoms with E-state index in [1.807, 2.05) is 85.0 Å². The summed E-state index contributed by atoms with van der Waals surface area (Å²) in [6.07, 6.45) is 0.644. The molecule has 34 heavy (non-hydrogen) atoms. The molecule has 0 radical (unpaired) electrons. The van der Waals surface area contributed by atoms with E-state index in [0.717, 1.165) is 27.9 Å². The van der Waals surface area contributed by atoms with Crippen molar-refractivity contribution in [2.24, 2.45) is 0 Å². The molecule has 0 aliphatic rings. The van der Waals surface area contributed by atoms with Crippen molar-refractivity contribution in [1.29, 1.82) is 0 Å². The minimum absolute atomic E-state index is 0.0938. The van der Waals surface area contributed by atoms with Crippen LogP contribution in [0.3, 0.4) is 0 Å². The van der Waals surface area contributed by atoms with Crippen LogP contribution in [-0.4, -0.2) is 25.1 Å². The molecule has 0 saturated heterocycles. The molecule has 0 aliphatic carbocycles. The molecule has 2 aromatic heterocycles. The van der Waals surface area contributed by atoms with E-state index in [4.69, 9.17) is 0 Å². The Labute approximate surface area is 196 Å². The number of carbonyl (C=O) groups is 1. The van der Waals surface area contributed by atoms with Crippen LogP contribution in [0, 0.1) is 13.8 Å². The summed E-state index contributed by atoms with van der Waals surface area (Å²) < 4.78 is 3.54. The van der Waals surface area contributed by atoms with Crippen LogP contribution >= 0.6 is 0 Å². The lowest BCUT2D eigenvalue weighted by molar-refractivity contribution is -0.116. The Morgan fingerprint density at radius 1 is 0.912 bits per heavy atom. The molecule has 1 N–H and O–H groups in total. The Bertz CT molecular complexity index is 1550. The SMILES string of the molecule is Cc1cc(C)cc(NC(=O)CCc2nnc3n(Cc4ccccc4)c(=O)c4ccccc4n23)c1. The van der Waals surface area contributed by atoms with E-state index in [1.165, 1.54) is 0 Å². The second-order valence-corrected chi connectivity index (χ2v) is 8.57. The summed E-state index contributed by atoms with van der Waals surface area (Å²) in [6.45, 7) is 4.40. The molecule has 3 aromatic carbocycles. The number of aryl methyl sites for hydroxylation is 3. The normalized spacial score (nSPS) is 11.2. The highest BCUT2D eigenvalue weighted by Gasteiger charge is 2.17. The van der Waals surface area contributed by atoms with Gasteiger partial charge in [-0.2, -0.15) is 0 Å². The zero-order chi connectivity index (χ0) is 23.7. The highest BCUT2D eigenvalue weighted by molar-refractivity contribution is 5.91. The van der Waals surface area contributed by atoms with Gasteiger partial charge in [0.25, 0.3) is 5.56 Å². The molecule has 1 amide bonds. The van der Waals surface area contributed by atoms with Gasteiger partial charge in [-0.3, -0.25) is 18.6 Å². The smallest absolute Gasteiger partial charge is 0.263 e. The van der Waals surface area contributed by atoms with Crippen LogP contribution in [0.25, 0.3) is 16.7 Å². The van der Waals surface area contributed by atoms with Crippen LogP contribution in [-0.2, 0) is 17.8 Å². The topological polar surface area (TPSA) is 81.3 Å². The highest BCUT2D eigenvalue weighted by Crippen LogP contribution is 2.18. The maximum atomic E-state index is 13.3. The van der Waals surface area contributed by atoms with Gasteiger partial charge in [-0.15, -0.1) is 10.2 Å². The van der Waals surface area contributed by atoms with E-state index in [-0.39, 0.29) is 17.9 Å². The Balaban J connectivity index is 1.49. The highest BCUT2D eigenvalue weighted by atomic mass is 16.1. The first kappa shape index (κ1) is 21.6. The van der Waals surface area contributed by atoms with Crippen LogP contribution < -0.4 is 10.9 Å². The molecule has 5 aromatic rings. The third-order valence-corrected chi connectivity index (χ3v) is 5.84. The number of hydrogen-bond acceptors (Lipinski definition) is 4. The van der Waals surface area contributed by atoms with Gasteiger partial charge in [0.15, 0.2) is 0 Å². The Morgan fingerprint density at radius 3 is 2.38 bits per heavy atom. The van der Waals surface area contributed by atoms with Gasteiger partial charge in [-0.1, -0.05) is 48.5 Å². The molecule has 7 nitrogen and oxygen atoms in total. The van der Waals surface area contributed by atoms with Gasteiger partial charge in [0.2, 0.25) is 11.7 Å². The van der Waals surface area contributed by atoms with E-state index in [2.05, 4.69) is 21.6 Å². The molecule has 5 rings (SSSR count). The van der Waals surface area contributed by atoms with Gasteiger partial charge in [0.1, 0.15) is 5.82 Å². The van der Waals surface area contributed by atoms with Gasteiger partial charge >= 0.3 is 0 Å². The van der Waals surface area contributed by atoms with E-state index in [0.29, 0.717) is 30.0 Å². The average molecular weight is 452 g/mol. The van der Waals surface area contributed by atoms with E-state index in [1.54, 1.807) is 4.57 Å². The lowest BCUT2D eigenvalue weighted by atomic mass is 10.1. The second kappa shape index (κ2) is 8.94. The van der Waals surface area contributed by atoms with Crippen LogP contribution in [0.1, 0.15) is 28.9 Å². The number of rotatable bonds is 6. The fourth-order valence-corrected chi connectivity index (χ4v) is 4.38. The number of hydrogen-bond donors (Lipinski definition) is 1. The van der Waals surface area contributed by atoms with Gasteiger partial charge in [-0.25, -0.2) is 0 Å². The monoisotopic (exact) mass is 451 g/mol. The van der Waals surface area contributed by atoms with Crippen molar-refractivity contribution in [3.05, 3.63) is 106 Å². The molecule has 0 saturated carbocycles. The number of carbonyl (C=O) groups excluding carboxylic acids is 1. The van der Waals surface area contributed by atoms with Gasteiger partial charge in [0.05, 0.1) is 17.4 Å². The van der Waals surface area contributed by atoms with Crippen molar-refractivity contribution in [3.8, 4) is 0 Å². The van der Waals surface area contributed by atoms with Crippen molar-refractivity contribution in [3.63, 3.8) is 0 Å². The molecule has 2 heterocycles. The minimum atomic E-state index is -0.113. The fraction of sp³-hybridized carbons (Fsp3) is 0.185. The molecular weight excluding hydrogens is 426 g/mol. The molecule has 0 fully saturated rings. The van der Waals surface area contributed by atoms with E-state index in [9.17, 15) is 9.59 Å². The largest absolute Gasteiger partial charge is 0.326 e. The third-order valence-electron chi connectivity index (χ3n) is 5.84. The molecule has 0 aliphatic heterocycles. The van der Waals surface area contributed by atoms with Crippen molar-refractivity contribution in [2.45, 2.75) is 33.2 Å². The van der Waals surface area contributed by atoms with Crippen molar-refractivity contribution in [2.75, 3.05) is 5.32 Å². The first-order valence-corrected chi connectivity index (χ1v) is 11.3. The van der Waals surface area contributed by atoms with Gasteiger partial charge < -0.3 is 5.32 Å². The molecular formula is C27H25N5O2. The van der Waals surface area contributed by atoms with Crippen LogP contribution in [0.2, 0.25) is 0 Å². The van der Waals surface area contributed by atoms with E-state index >= 15 is 0 Å². The molecule has 0 atom stereocenters. The summed E-state index contributed by atoms with van der Waals surface area (Å²) in [6, 6.07) is 23.2. The number of anilines is 1. The predicted octanol–water partition coefficient (Wildman–Crippen LogP) is 4.28.